The van der Waals surface area contributed by atoms with Gasteiger partial charge in [-0.05, 0) is 13.8 Å². The van der Waals surface area contributed by atoms with E-state index in [9.17, 15) is 5.11 Å². The van der Waals surface area contributed by atoms with Crippen molar-refractivity contribution in [3.8, 4) is 11.8 Å². The number of rotatable bonds is 0. The van der Waals surface area contributed by atoms with Crippen molar-refractivity contribution in [1.82, 2.24) is 9.78 Å². The van der Waals surface area contributed by atoms with E-state index in [4.69, 9.17) is 0 Å². The van der Waals surface area contributed by atoms with Gasteiger partial charge in [-0.2, -0.15) is 5.10 Å². The molecule has 0 atom stereocenters. The van der Waals surface area contributed by atoms with Crippen LogP contribution in [0.4, 0.5) is 0 Å². The fourth-order valence-corrected chi connectivity index (χ4v) is 1.35. The van der Waals surface area contributed by atoms with Gasteiger partial charge in [-0.3, -0.25) is 4.68 Å². The molecule has 1 aromatic heterocycles. The number of aliphatic hydroxyl groups is 1. The molecule has 0 aliphatic heterocycles. The molecule has 0 saturated heterocycles. The Bertz CT molecular complexity index is 433. The Morgan fingerprint density at radius 2 is 1.81 bits per heavy atom. The normalized spacial score (nSPS) is 12.2. The standard InChI is InChI=1S/C13H20N2O/c1-12(2,3)11-10(9-15(6)14-11)7-8-13(4,5)16/h9,16H,1-6H3. The van der Waals surface area contributed by atoms with Gasteiger partial charge >= 0.3 is 0 Å². The highest BCUT2D eigenvalue weighted by molar-refractivity contribution is 5.40. The van der Waals surface area contributed by atoms with Gasteiger partial charge in [0.25, 0.3) is 0 Å². The second-order valence-corrected chi connectivity index (χ2v) is 5.62. The van der Waals surface area contributed by atoms with Crippen LogP contribution < -0.4 is 0 Å². The maximum absolute atomic E-state index is 9.58. The van der Waals surface area contributed by atoms with Gasteiger partial charge in [0, 0.05) is 18.7 Å². The average molecular weight is 220 g/mol. The molecule has 3 heteroatoms. The Morgan fingerprint density at radius 3 is 2.25 bits per heavy atom. The summed E-state index contributed by atoms with van der Waals surface area (Å²) in [5.41, 5.74) is 0.847. The predicted molar refractivity (Wildman–Crippen MR) is 65.1 cm³/mol. The van der Waals surface area contributed by atoms with E-state index in [1.807, 2.05) is 13.2 Å². The summed E-state index contributed by atoms with van der Waals surface area (Å²) in [5, 5.41) is 14.0. The third-order valence-corrected chi connectivity index (χ3v) is 2.04. The molecule has 0 unspecified atom stereocenters. The van der Waals surface area contributed by atoms with Crippen LogP contribution in [-0.2, 0) is 12.5 Å². The summed E-state index contributed by atoms with van der Waals surface area (Å²) in [6, 6.07) is 0. The van der Waals surface area contributed by atoms with Crippen molar-refractivity contribution in [2.45, 2.75) is 45.6 Å². The first-order valence-corrected chi connectivity index (χ1v) is 5.39. The molecular formula is C13H20N2O. The largest absolute Gasteiger partial charge is 0.378 e. The van der Waals surface area contributed by atoms with E-state index in [2.05, 4.69) is 37.7 Å². The molecule has 16 heavy (non-hydrogen) atoms. The molecule has 1 aromatic rings. The van der Waals surface area contributed by atoms with E-state index in [0.717, 1.165) is 11.3 Å². The number of nitrogens with zero attached hydrogens (tertiary/aromatic N) is 2. The lowest BCUT2D eigenvalue weighted by Gasteiger charge is -2.15. The zero-order valence-electron chi connectivity index (χ0n) is 10.9. The number of hydrogen-bond donors (Lipinski definition) is 1. The lowest BCUT2D eigenvalue weighted by Crippen LogP contribution is -2.16. The van der Waals surface area contributed by atoms with Crippen LogP contribution in [0.5, 0.6) is 0 Å². The molecule has 3 nitrogen and oxygen atoms in total. The highest BCUT2D eigenvalue weighted by atomic mass is 16.3. The zero-order valence-corrected chi connectivity index (χ0v) is 10.9. The Balaban J connectivity index is 3.19. The molecule has 0 aliphatic carbocycles. The van der Waals surface area contributed by atoms with Crippen molar-refractivity contribution in [2.24, 2.45) is 7.05 Å². The van der Waals surface area contributed by atoms with Gasteiger partial charge in [0.1, 0.15) is 5.60 Å². The van der Waals surface area contributed by atoms with Crippen LogP contribution in [0.1, 0.15) is 45.9 Å². The van der Waals surface area contributed by atoms with Crippen molar-refractivity contribution in [2.75, 3.05) is 0 Å². The van der Waals surface area contributed by atoms with Crippen LogP contribution in [0.3, 0.4) is 0 Å². The first kappa shape index (κ1) is 12.8. The van der Waals surface area contributed by atoms with Crippen LogP contribution in [0, 0.1) is 11.8 Å². The number of aromatic nitrogens is 2. The summed E-state index contributed by atoms with van der Waals surface area (Å²) in [6.07, 6.45) is 1.89. The van der Waals surface area contributed by atoms with E-state index in [1.165, 1.54) is 0 Å². The fraction of sp³-hybridized carbons (Fsp3) is 0.615. The summed E-state index contributed by atoms with van der Waals surface area (Å²) in [6.45, 7) is 9.65. The average Bonchev–Trinajstić information content (AvgIpc) is 2.41. The zero-order chi connectivity index (χ0) is 12.6. The Morgan fingerprint density at radius 1 is 1.25 bits per heavy atom. The molecule has 0 spiro atoms. The summed E-state index contributed by atoms with van der Waals surface area (Å²) in [5.74, 6) is 5.81. The van der Waals surface area contributed by atoms with Crippen molar-refractivity contribution >= 4 is 0 Å². The molecule has 0 fully saturated rings. The van der Waals surface area contributed by atoms with Gasteiger partial charge in [-0.25, -0.2) is 0 Å². The monoisotopic (exact) mass is 220 g/mol. The van der Waals surface area contributed by atoms with Crippen LogP contribution >= 0.6 is 0 Å². The van der Waals surface area contributed by atoms with Gasteiger partial charge in [-0.1, -0.05) is 32.6 Å². The molecule has 88 valence electrons. The highest BCUT2D eigenvalue weighted by Crippen LogP contribution is 2.23. The van der Waals surface area contributed by atoms with Crippen LogP contribution in [0.2, 0.25) is 0 Å². The molecule has 0 aromatic carbocycles. The minimum atomic E-state index is -0.967. The molecule has 0 amide bonds. The van der Waals surface area contributed by atoms with Crippen molar-refractivity contribution in [3.63, 3.8) is 0 Å². The number of hydrogen-bond acceptors (Lipinski definition) is 2. The SMILES string of the molecule is Cn1cc(C#CC(C)(C)O)c(C(C)(C)C)n1. The van der Waals surface area contributed by atoms with E-state index >= 15 is 0 Å². The minimum absolute atomic E-state index is 0.0368. The second kappa shape index (κ2) is 3.95. The van der Waals surface area contributed by atoms with Gasteiger partial charge < -0.3 is 5.11 Å². The lowest BCUT2D eigenvalue weighted by atomic mass is 9.89. The Kier molecular flexibility index (Phi) is 3.16. The predicted octanol–water partition coefficient (Wildman–Crippen LogP) is 1.84. The minimum Gasteiger partial charge on any atom is -0.378 e. The third kappa shape index (κ3) is 3.39. The topological polar surface area (TPSA) is 38.0 Å². The summed E-state index contributed by atoms with van der Waals surface area (Å²) < 4.78 is 1.76. The van der Waals surface area contributed by atoms with Crippen LogP contribution in [-0.4, -0.2) is 20.5 Å². The van der Waals surface area contributed by atoms with Gasteiger partial charge in [-0.15, -0.1) is 0 Å². The Labute approximate surface area is 97.5 Å². The van der Waals surface area contributed by atoms with Gasteiger partial charge in [0.2, 0.25) is 0 Å². The molecule has 1 heterocycles. The number of aryl methyl sites for hydroxylation is 1. The maximum atomic E-state index is 9.58. The van der Waals surface area contributed by atoms with Gasteiger partial charge in [0.05, 0.1) is 11.3 Å². The summed E-state index contributed by atoms with van der Waals surface area (Å²) in [7, 11) is 1.88. The van der Waals surface area contributed by atoms with Gasteiger partial charge in [0.15, 0.2) is 0 Å². The maximum Gasteiger partial charge on any atom is 0.120 e. The molecule has 1 rings (SSSR count). The first-order valence-electron chi connectivity index (χ1n) is 5.39. The van der Waals surface area contributed by atoms with Crippen molar-refractivity contribution < 1.29 is 5.11 Å². The van der Waals surface area contributed by atoms with E-state index in [-0.39, 0.29) is 5.41 Å². The summed E-state index contributed by atoms with van der Waals surface area (Å²) >= 11 is 0. The molecule has 0 aliphatic rings. The van der Waals surface area contributed by atoms with Crippen LogP contribution in [0.15, 0.2) is 6.20 Å². The first-order chi connectivity index (χ1) is 7.09. The summed E-state index contributed by atoms with van der Waals surface area (Å²) in [4.78, 5) is 0. The molecular weight excluding hydrogens is 200 g/mol. The lowest BCUT2D eigenvalue weighted by molar-refractivity contribution is 0.143. The second-order valence-electron chi connectivity index (χ2n) is 5.62. The Hall–Kier alpha value is -1.27. The quantitative estimate of drug-likeness (QED) is 0.677. The molecule has 0 bridgehead atoms. The van der Waals surface area contributed by atoms with E-state index < -0.39 is 5.60 Å². The van der Waals surface area contributed by atoms with Crippen molar-refractivity contribution in [3.05, 3.63) is 17.5 Å². The molecule has 1 N–H and O–H groups in total. The van der Waals surface area contributed by atoms with Crippen molar-refractivity contribution in [1.29, 1.82) is 0 Å². The van der Waals surface area contributed by atoms with Crippen LogP contribution in [0.25, 0.3) is 0 Å². The fourth-order valence-electron chi connectivity index (χ4n) is 1.35. The smallest absolute Gasteiger partial charge is 0.120 e. The molecule has 0 radical (unpaired) electrons. The van der Waals surface area contributed by atoms with E-state index in [0.29, 0.717) is 0 Å². The molecule has 0 saturated carbocycles. The third-order valence-electron chi connectivity index (χ3n) is 2.04. The highest BCUT2D eigenvalue weighted by Gasteiger charge is 2.21. The van der Waals surface area contributed by atoms with E-state index in [1.54, 1.807) is 18.5 Å².